The molecule has 0 aliphatic carbocycles. The monoisotopic (exact) mass is 270 g/mol. The van der Waals surface area contributed by atoms with Crippen molar-refractivity contribution in [2.75, 3.05) is 0 Å². The Morgan fingerprint density at radius 2 is 1.65 bits per heavy atom. The van der Waals surface area contributed by atoms with Crippen LogP contribution in [0, 0.1) is 11.6 Å². The fourth-order valence-corrected chi connectivity index (χ4v) is 2.18. The van der Waals surface area contributed by atoms with Crippen LogP contribution < -0.4 is 5.73 Å². The van der Waals surface area contributed by atoms with Crippen LogP contribution in [0.3, 0.4) is 0 Å². The van der Waals surface area contributed by atoms with Crippen molar-refractivity contribution >= 4 is 10.9 Å². The van der Waals surface area contributed by atoms with Crippen LogP contribution in [0.4, 0.5) is 8.78 Å². The fraction of sp³-hybridized carbons (Fsp3) is 0.0625. The largest absolute Gasteiger partial charge is 0.320 e. The summed E-state index contributed by atoms with van der Waals surface area (Å²) in [6, 6.07) is 12.6. The van der Waals surface area contributed by atoms with Crippen LogP contribution in [-0.4, -0.2) is 4.98 Å². The second-order valence-electron chi connectivity index (χ2n) is 4.61. The van der Waals surface area contributed by atoms with E-state index in [-0.39, 0.29) is 0 Å². The predicted molar refractivity (Wildman–Crippen MR) is 74.1 cm³/mol. The highest BCUT2D eigenvalue weighted by Crippen LogP contribution is 2.24. The molecule has 3 aromatic rings. The van der Waals surface area contributed by atoms with Gasteiger partial charge in [-0.1, -0.05) is 24.3 Å². The Morgan fingerprint density at radius 1 is 0.900 bits per heavy atom. The smallest absolute Gasteiger partial charge is 0.159 e. The van der Waals surface area contributed by atoms with Crippen molar-refractivity contribution in [1.29, 1.82) is 0 Å². The molecule has 1 atom stereocenters. The van der Waals surface area contributed by atoms with Gasteiger partial charge in [-0.3, -0.25) is 4.98 Å². The summed E-state index contributed by atoms with van der Waals surface area (Å²) in [5.74, 6) is -1.77. The molecule has 0 bridgehead atoms. The summed E-state index contributed by atoms with van der Waals surface area (Å²) < 4.78 is 26.2. The molecule has 20 heavy (non-hydrogen) atoms. The number of rotatable bonds is 2. The van der Waals surface area contributed by atoms with Gasteiger partial charge in [0.05, 0.1) is 11.6 Å². The fourth-order valence-electron chi connectivity index (χ4n) is 2.18. The number of halogens is 2. The first kappa shape index (κ1) is 12.7. The summed E-state index contributed by atoms with van der Waals surface area (Å²) in [5, 5.41) is 1.01. The SMILES string of the molecule is NC(c1ccc(F)c(F)c1)c1ccc2cccnc2c1. The Morgan fingerprint density at radius 3 is 2.45 bits per heavy atom. The third-order valence-electron chi connectivity index (χ3n) is 3.29. The standard InChI is InChI=1S/C16H12F2N2/c17-13-6-5-11(8-14(13)18)16(19)12-4-3-10-2-1-7-20-15(10)9-12/h1-9,16H,19H2. The Kier molecular flexibility index (Phi) is 3.16. The molecule has 2 N–H and O–H groups in total. The van der Waals surface area contributed by atoms with E-state index in [0.29, 0.717) is 5.56 Å². The molecule has 0 aliphatic rings. The first-order valence-corrected chi connectivity index (χ1v) is 6.20. The number of hydrogen-bond acceptors (Lipinski definition) is 2. The average Bonchev–Trinajstić information content (AvgIpc) is 2.49. The van der Waals surface area contributed by atoms with Crippen molar-refractivity contribution in [2.24, 2.45) is 5.73 Å². The predicted octanol–water partition coefficient (Wildman–Crippen LogP) is 3.56. The van der Waals surface area contributed by atoms with Crippen LogP contribution in [0.15, 0.2) is 54.7 Å². The second-order valence-corrected chi connectivity index (χ2v) is 4.61. The van der Waals surface area contributed by atoms with Crippen LogP contribution in [-0.2, 0) is 0 Å². The molecule has 1 aromatic heterocycles. The van der Waals surface area contributed by atoms with Crippen LogP contribution >= 0.6 is 0 Å². The Hall–Kier alpha value is -2.33. The second kappa shape index (κ2) is 4.98. The molecule has 1 heterocycles. The zero-order valence-corrected chi connectivity index (χ0v) is 10.6. The molecular weight excluding hydrogens is 258 g/mol. The number of aromatic nitrogens is 1. The molecule has 0 spiro atoms. The molecule has 0 aliphatic heterocycles. The van der Waals surface area contributed by atoms with Gasteiger partial charge >= 0.3 is 0 Å². The lowest BCUT2D eigenvalue weighted by atomic mass is 9.98. The van der Waals surface area contributed by atoms with E-state index in [4.69, 9.17) is 5.73 Å². The van der Waals surface area contributed by atoms with E-state index in [1.807, 2.05) is 30.3 Å². The lowest BCUT2D eigenvalue weighted by Crippen LogP contribution is -2.12. The first-order valence-electron chi connectivity index (χ1n) is 6.20. The normalized spacial score (nSPS) is 12.6. The number of pyridine rings is 1. The van der Waals surface area contributed by atoms with Gasteiger partial charge in [-0.25, -0.2) is 8.78 Å². The van der Waals surface area contributed by atoms with E-state index in [0.717, 1.165) is 28.6 Å². The van der Waals surface area contributed by atoms with Crippen LogP contribution in [0.5, 0.6) is 0 Å². The van der Waals surface area contributed by atoms with Gasteiger partial charge < -0.3 is 5.73 Å². The Balaban J connectivity index is 2.02. The topological polar surface area (TPSA) is 38.9 Å². The molecule has 0 saturated heterocycles. The van der Waals surface area contributed by atoms with Crippen molar-refractivity contribution in [2.45, 2.75) is 6.04 Å². The van der Waals surface area contributed by atoms with Gasteiger partial charge in [-0.05, 0) is 35.4 Å². The number of nitrogens with zero attached hydrogens (tertiary/aromatic N) is 1. The van der Waals surface area contributed by atoms with Gasteiger partial charge in [-0.2, -0.15) is 0 Å². The van der Waals surface area contributed by atoms with Gasteiger partial charge in [0.25, 0.3) is 0 Å². The van der Waals surface area contributed by atoms with E-state index in [9.17, 15) is 8.78 Å². The number of fused-ring (bicyclic) bond motifs is 1. The van der Waals surface area contributed by atoms with Gasteiger partial charge in [0, 0.05) is 11.6 Å². The number of nitrogens with two attached hydrogens (primary N) is 1. The molecule has 1 unspecified atom stereocenters. The molecule has 0 saturated carbocycles. The van der Waals surface area contributed by atoms with Crippen molar-refractivity contribution in [3.05, 3.63) is 77.5 Å². The van der Waals surface area contributed by atoms with Crippen LogP contribution in [0.25, 0.3) is 10.9 Å². The maximum absolute atomic E-state index is 13.3. The lowest BCUT2D eigenvalue weighted by Gasteiger charge is -2.13. The van der Waals surface area contributed by atoms with Gasteiger partial charge in [0.15, 0.2) is 11.6 Å². The first-order chi connectivity index (χ1) is 9.65. The molecule has 0 radical (unpaired) electrons. The Bertz CT molecular complexity index is 771. The summed E-state index contributed by atoms with van der Waals surface area (Å²) in [4.78, 5) is 4.26. The maximum Gasteiger partial charge on any atom is 0.159 e. The molecule has 0 amide bonds. The third-order valence-corrected chi connectivity index (χ3v) is 3.29. The average molecular weight is 270 g/mol. The van der Waals surface area contributed by atoms with Crippen LogP contribution in [0.1, 0.15) is 17.2 Å². The van der Waals surface area contributed by atoms with E-state index in [2.05, 4.69) is 4.98 Å². The van der Waals surface area contributed by atoms with Crippen molar-refractivity contribution in [1.82, 2.24) is 4.98 Å². The van der Waals surface area contributed by atoms with E-state index >= 15 is 0 Å². The molecule has 0 fully saturated rings. The minimum atomic E-state index is -0.892. The molecule has 3 rings (SSSR count). The summed E-state index contributed by atoms with van der Waals surface area (Å²) in [6.07, 6.45) is 1.70. The molecule has 4 heteroatoms. The van der Waals surface area contributed by atoms with E-state index < -0.39 is 17.7 Å². The molecule has 2 nitrogen and oxygen atoms in total. The zero-order valence-electron chi connectivity index (χ0n) is 10.6. The summed E-state index contributed by atoms with van der Waals surface area (Å²) in [6.45, 7) is 0. The van der Waals surface area contributed by atoms with Crippen LogP contribution in [0.2, 0.25) is 0 Å². The summed E-state index contributed by atoms with van der Waals surface area (Å²) in [7, 11) is 0. The minimum absolute atomic E-state index is 0.517. The third kappa shape index (κ3) is 2.26. The highest BCUT2D eigenvalue weighted by Gasteiger charge is 2.12. The summed E-state index contributed by atoms with van der Waals surface area (Å²) >= 11 is 0. The maximum atomic E-state index is 13.3. The highest BCUT2D eigenvalue weighted by molar-refractivity contribution is 5.79. The quantitative estimate of drug-likeness (QED) is 0.773. The van der Waals surface area contributed by atoms with Gasteiger partial charge in [0.2, 0.25) is 0 Å². The van der Waals surface area contributed by atoms with E-state index in [1.165, 1.54) is 6.07 Å². The molecule has 2 aromatic carbocycles. The lowest BCUT2D eigenvalue weighted by molar-refractivity contribution is 0.506. The molecular formula is C16H12F2N2. The van der Waals surface area contributed by atoms with Gasteiger partial charge in [-0.15, -0.1) is 0 Å². The van der Waals surface area contributed by atoms with Crippen molar-refractivity contribution in [3.63, 3.8) is 0 Å². The van der Waals surface area contributed by atoms with E-state index in [1.54, 1.807) is 6.20 Å². The zero-order chi connectivity index (χ0) is 14.1. The number of hydrogen-bond donors (Lipinski definition) is 1. The minimum Gasteiger partial charge on any atom is -0.320 e. The Labute approximate surface area is 114 Å². The van der Waals surface area contributed by atoms with Crippen molar-refractivity contribution in [3.8, 4) is 0 Å². The molecule has 100 valence electrons. The summed E-state index contributed by atoms with van der Waals surface area (Å²) in [5.41, 5.74) is 8.27. The number of benzene rings is 2. The van der Waals surface area contributed by atoms with Crippen molar-refractivity contribution < 1.29 is 8.78 Å². The highest BCUT2D eigenvalue weighted by atomic mass is 19.2. The van der Waals surface area contributed by atoms with Gasteiger partial charge in [0.1, 0.15) is 0 Å².